The number of aliphatic hydroxyl groups is 9. The maximum Gasteiger partial charge on any atom is 0.335 e. The van der Waals surface area contributed by atoms with E-state index in [1.165, 1.54) is 5.57 Å². The fourth-order valence-electron chi connectivity index (χ4n) is 16.3. The Bertz CT molecular complexity index is 2450. The third kappa shape index (κ3) is 10.4. The summed E-state index contributed by atoms with van der Waals surface area (Å²) in [6, 6.07) is 7.27. The fraction of sp³-hybridized carbons (Fsp3) is 0.789. The summed E-state index contributed by atoms with van der Waals surface area (Å²) in [6.45, 7) is 11.9. The number of halogens is 1. The average molecular weight is 1230 g/mol. The van der Waals surface area contributed by atoms with E-state index in [-0.39, 0.29) is 47.7 Å². The molecule has 1 amide bonds. The van der Waals surface area contributed by atoms with Crippen LogP contribution in [-0.4, -0.2) is 193 Å². The number of ketones is 1. The molecule has 0 bridgehead atoms. The zero-order chi connectivity index (χ0) is 57.5. The lowest BCUT2D eigenvalue weighted by Gasteiger charge is -2.71. The molecule has 11 N–H and O–H groups in total. The summed E-state index contributed by atoms with van der Waals surface area (Å²) < 4.78 is 37.2. The van der Waals surface area contributed by atoms with E-state index < -0.39 is 144 Å². The summed E-state index contributed by atoms with van der Waals surface area (Å²) >= 11 is 2.18. The summed E-state index contributed by atoms with van der Waals surface area (Å²) in [5.74, 6) is -2.44. The van der Waals surface area contributed by atoms with Gasteiger partial charge in [0.05, 0.1) is 36.3 Å². The molecule has 442 valence electrons. The molecule has 24 atom stereocenters. The first-order valence-electron chi connectivity index (χ1n) is 28.0. The summed E-state index contributed by atoms with van der Waals surface area (Å²) in [4.78, 5) is 54.7. The minimum Gasteiger partial charge on any atom is -0.479 e. The maximum atomic E-state index is 14.9. The van der Waals surface area contributed by atoms with Crippen molar-refractivity contribution in [2.24, 2.45) is 50.2 Å². The van der Waals surface area contributed by atoms with Gasteiger partial charge in [-0.05, 0) is 150 Å². The van der Waals surface area contributed by atoms with Gasteiger partial charge in [-0.3, -0.25) is 9.59 Å². The number of Topliss-reactive ketones (excluding diaryl/α,β-unsaturated/α-hetero) is 1. The highest BCUT2D eigenvalue weighted by molar-refractivity contribution is 14.1. The van der Waals surface area contributed by atoms with Gasteiger partial charge in [-0.15, -0.1) is 0 Å². The number of hydrogen-bond donors (Lipinski definition) is 11. The SMILES string of the molecule is CC1(C)CCC2(C(=O)CCCNC(=O)c3ccc(I)cc3)C(C1)C1=CCC3C4(C)CC[C@H](OC5OC(C(=O)O)[C@@H](O)[C@H](OC6OC[C@@H](O)[C@H](O)[C@@H]6O)[C@@H]5OC5OC(CO)[C@H](O)[C@H](O)[C@@H]5O)[C@](C)(C=O)[C@@H]4CC[C@]3(C)[C@]1(C)C[C@@H]2O. The zero-order valence-corrected chi connectivity index (χ0v) is 47.9. The van der Waals surface area contributed by atoms with Gasteiger partial charge >= 0.3 is 5.97 Å². The lowest BCUT2D eigenvalue weighted by molar-refractivity contribution is -0.391. The molecule has 9 unspecified atom stereocenters. The molecule has 5 aliphatic carbocycles. The number of hydrogen-bond acceptors (Lipinski definition) is 19. The lowest BCUT2D eigenvalue weighted by atomic mass is 9.33. The van der Waals surface area contributed by atoms with Gasteiger partial charge < -0.3 is 89.6 Å². The first-order chi connectivity index (χ1) is 37.1. The Labute approximate surface area is 473 Å². The predicted molar refractivity (Wildman–Crippen MR) is 285 cm³/mol. The van der Waals surface area contributed by atoms with Crippen molar-refractivity contribution >= 4 is 46.5 Å². The Morgan fingerprint density at radius 3 is 2.11 bits per heavy atom. The van der Waals surface area contributed by atoms with Gasteiger partial charge in [-0.1, -0.05) is 53.2 Å². The topological polar surface area (TPSA) is 338 Å². The minimum absolute atomic E-state index is 0.0234. The number of carbonyl (C=O) groups excluding carboxylic acids is 3. The number of fused-ring (bicyclic) bond motifs is 7. The Morgan fingerprint density at radius 1 is 0.759 bits per heavy atom. The highest BCUT2D eigenvalue weighted by atomic mass is 127. The van der Waals surface area contributed by atoms with E-state index in [0.29, 0.717) is 57.1 Å². The quantitative estimate of drug-likeness (QED) is 0.0393. The smallest absolute Gasteiger partial charge is 0.335 e. The van der Waals surface area contributed by atoms with Crippen LogP contribution >= 0.6 is 22.6 Å². The number of carboxylic acid groups (broad SMARTS) is 1. The molecule has 1 aromatic carbocycles. The molecule has 4 saturated carbocycles. The van der Waals surface area contributed by atoms with E-state index in [4.69, 9.17) is 28.4 Å². The highest BCUT2D eigenvalue weighted by Crippen LogP contribution is 2.76. The van der Waals surface area contributed by atoms with Crippen LogP contribution in [0.1, 0.15) is 123 Å². The van der Waals surface area contributed by atoms with Gasteiger partial charge in [0.15, 0.2) is 25.0 Å². The van der Waals surface area contributed by atoms with Gasteiger partial charge in [0.2, 0.25) is 0 Å². The molecule has 0 spiro atoms. The van der Waals surface area contributed by atoms with E-state index >= 15 is 0 Å². The summed E-state index contributed by atoms with van der Waals surface area (Å²) in [5.41, 5.74) is -2.13. The van der Waals surface area contributed by atoms with Gasteiger partial charge in [-0.25, -0.2) is 4.79 Å². The molecule has 9 rings (SSSR count). The van der Waals surface area contributed by atoms with Crippen molar-refractivity contribution in [2.75, 3.05) is 19.8 Å². The van der Waals surface area contributed by atoms with E-state index in [9.17, 15) is 70.2 Å². The summed E-state index contributed by atoms with van der Waals surface area (Å²) in [6.07, 6.45) is -19.3. The third-order valence-corrected chi connectivity index (χ3v) is 21.8. The lowest BCUT2D eigenvalue weighted by Crippen LogP contribution is -2.69. The number of allylic oxidation sites excluding steroid dienone is 2. The van der Waals surface area contributed by atoms with E-state index in [2.05, 4.69) is 68.6 Å². The van der Waals surface area contributed by atoms with Crippen LogP contribution in [0.5, 0.6) is 0 Å². The molecule has 21 nitrogen and oxygen atoms in total. The van der Waals surface area contributed by atoms with E-state index in [1.54, 1.807) is 19.1 Å². The molecule has 3 heterocycles. The highest BCUT2D eigenvalue weighted by Gasteiger charge is 2.72. The third-order valence-electron chi connectivity index (χ3n) is 21.0. The second-order valence-electron chi connectivity index (χ2n) is 25.8. The molecule has 0 aromatic heterocycles. The van der Waals surface area contributed by atoms with Gasteiger partial charge in [0.1, 0.15) is 73.1 Å². The number of nitrogens with one attached hydrogen (secondary N) is 1. The Kier molecular flexibility index (Phi) is 17.5. The maximum absolute atomic E-state index is 14.9. The van der Waals surface area contributed by atoms with Gasteiger partial charge in [0, 0.05) is 22.1 Å². The first-order valence-corrected chi connectivity index (χ1v) is 29.1. The number of amides is 1. The van der Waals surface area contributed by atoms with Crippen molar-refractivity contribution < 1.29 is 98.7 Å². The Balaban J connectivity index is 0.991. The molecule has 3 aliphatic heterocycles. The standard InChI is InChI=1S/C57H82INO20/c1-52(2)19-20-57(35(63)8-7-21-59-47(71)27-9-11-28(58)12-10-27)30(22-52)29-13-14-34-53(3)17-16-37(54(4,26-61)33(53)15-18-55(34,5)56(29,6)23-36(57)64)76-51-46(79-50-42(69)40(67)39(66)32(24-60)75-50)44(43(70)45(78-51)48(72)73)77-49-41(68)38(65)31(62)25-74-49/h9-13,26,30-34,36-46,49-51,60,62,64-70H,7-8,14-25H2,1-6H3,(H,59,71)(H,72,73)/t30?,31-,32?,33-,34?,36+,37+,38+,39+,40+,41+,42+,43+,44+,45?,46+,49?,50?,51?,53?,54-,55+,56-,57?/m1/s1. The van der Waals surface area contributed by atoms with Crippen LogP contribution < -0.4 is 5.32 Å². The van der Waals surface area contributed by atoms with Gasteiger partial charge in [0.25, 0.3) is 5.91 Å². The van der Waals surface area contributed by atoms with Gasteiger partial charge in [-0.2, -0.15) is 0 Å². The first kappa shape index (κ1) is 60.9. The number of carbonyl (C=O) groups is 4. The number of ether oxygens (including phenoxy) is 6. The Morgan fingerprint density at radius 2 is 1.44 bits per heavy atom. The monoisotopic (exact) mass is 1230 g/mol. The molecule has 3 saturated heterocycles. The predicted octanol–water partition coefficient (Wildman–Crippen LogP) is 1.89. The van der Waals surface area contributed by atoms with Crippen LogP contribution in [-0.2, 0) is 42.8 Å². The molecule has 7 fully saturated rings. The summed E-state index contributed by atoms with van der Waals surface area (Å²) in [7, 11) is 0. The van der Waals surface area contributed by atoms with Crippen molar-refractivity contribution in [1.29, 1.82) is 0 Å². The number of carboxylic acids is 1. The van der Waals surface area contributed by atoms with E-state index in [0.717, 1.165) is 22.7 Å². The Hall–Kier alpha value is -2.63. The minimum atomic E-state index is -2.15. The van der Waals surface area contributed by atoms with Crippen LogP contribution in [0.4, 0.5) is 0 Å². The zero-order valence-electron chi connectivity index (χ0n) is 45.8. The number of benzene rings is 1. The fourth-order valence-corrected chi connectivity index (χ4v) is 16.7. The molecular formula is C57H82INO20. The number of rotatable bonds is 15. The molecule has 1 aromatic rings. The van der Waals surface area contributed by atoms with Crippen molar-refractivity contribution in [1.82, 2.24) is 5.32 Å². The van der Waals surface area contributed by atoms with Crippen LogP contribution in [0.3, 0.4) is 0 Å². The molecule has 79 heavy (non-hydrogen) atoms. The van der Waals surface area contributed by atoms with Crippen LogP contribution in [0.2, 0.25) is 0 Å². The molecule has 22 heteroatoms. The number of aldehydes is 1. The largest absolute Gasteiger partial charge is 0.479 e. The number of aliphatic carboxylic acids is 1. The summed E-state index contributed by atoms with van der Waals surface area (Å²) in [5, 5.41) is 112. The van der Waals surface area contributed by atoms with Crippen molar-refractivity contribution in [3.8, 4) is 0 Å². The molecule has 0 radical (unpaired) electrons. The van der Waals surface area contributed by atoms with Crippen molar-refractivity contribution in [2.45, 2.75) is 210 Å². The molecule has 8 aliphatic rings. The van der Waals surface area contributed by atoms with Crippen LogP contribution in [0.15, 0.2) is 35.9 Å². The van der Waals surface area contributed by atoms with Crippen LogP contribution in [0.25, 0.3) is 0 Å². The molecular weight excluding hydrogens is 1150 g/mol. The normalized spacial score (nSPS) is 47.5. The van der Waals surface area contributed by atoms with Crippen molar-refractivity contribution in [3.63, 3.8) is 0 Å². The number of aliphatic hydroxyl groups excluding tert-OH is 9. The van der Waals surface area contributed by atoms with Crippen molar-refractivity contribution in [3.05, 3.63) is 45.0 Å². The van der Waals surface area contributed by atoms with E-state index in [1.807, 2.05) is 12.1 Å². The second kappa shape index (κ2) is 22.7. The average Bonchev–Trinajstić information content (AvgIpc) is 2.46. The second-order valence-corrected chi connectivity index (χ2v) is 27.1. The van der Waals surface area contributed by atoms with Crippen LogP contribution in [0, 0.1) is 53.8 Å².